The molecule has 1 fully saturated rings. The van der Waals surface area contributed by atoms with Crippen LogP contribution >= 0.6 is 23.1 Å². The fourth-order valence-corrected chi connectivity index (χ4v) is 8.26. The molecule has 0 saturated carbocycles. The molecule has 1 saturated heterocycles. The third kappa shape index (κ3) is 4.82. The van der Waals surface area contributed by atoms with E-state index in [1.165, 1.54) is 28.8 Å². The number of nitrogens with zero attached hydrogens (tertiary/aromatic N) is 3. The van der Waals surface area contributed by atoms with Crippen LogP contribution < -0.4 is 20.0 Å². The van der Waals surface area contributed by atoms with Gasteiger partial charge < -0.3 is 10.2 Å². The first-order valence-electron chi connectivity index (χ1n) is 13.3. The van der Waals surface area contributed by atoms with E-state index in [1.54, 1.807) is 6.07 Å². The van der Waals surface area contributed by atoms with Crippen LogP contribution in [-0.4, -0.2) is 41.6 Å². The number of anilines is 3. The number of aryl methyl sites for hydroxylation is 1. The molecule has 2 unspecified atom stereocenters. The van der Waals surface area contributed by atoms with E-state index in [9.17, 15) is 23.6 Å². The number of rotatable bonds is 6. The van der Waals surface area contributed by atoms with Gasteiger partial charge in [-0.3, -0.25) is 23.7 Å². The Morgan fingerprint density at radius 1 is 0.952 bits per heavy atom. The SMILES string of the molecule is Cc1ccccc1NC(=O)Cn1c2c(sc1=O)[C@H](c1ccc(N(C)C)cc1)C1C(=O)N(c3ccc(F)cc3)C(=O)C1S2. The largest absolute Gasteiger partial charge is 0.378 e. The summed E-state index contributed by atoms with van der Waals surface area (Å²) in [6.07, 6.45) is 0. The molecular formula is C31H27FN4O4S2. The summed E-state index contributed by atoms with van der Waals surface area (Å²) in [6.45, 7) is 1.64. The van der Waals surface area contributed by atoms with Gasteiger partial charge in [-0.05, 0) is 60.5 Å². The van der Waals surface area contributed by atoms with E-state index in [1.807, 2.05) is 68.4 Å². The van der Waals surface area contributed by atoms with Gasteiger partial charge in [-0.25, -0.2) is 9.29 Å². The lowest BCUT2D eigenvalue weighted by Gasteiger charge is -2.31. The number of amides is 3. The summed E-state index contributed by atoms with van der Waals surface area (Å²) in [7, 11) is 3.85. The third-order valence-corrected chi connectivity index (χ3v) is 10.2. The summed E-state index contributed by atoms with van der Waals surface area (Å²) in [6, 6.07) is 20.3. The Labute approximate surface area is 249 Å². The lowest BCUT2D eigenvalue weighted by atomic mass is 9.83. The van der Waals surface area contributed by atoms with Crippen molar-refractivity contribution in [1.82, 2.24) is 4.57 Å². The van der Waals surface area contributed by atoms with E-state index in [4.69, 9.17) is 0 Å². The lowest BCUT2D eigenvalue weighted by Crippen LogP contribution is -2.33. The van der Waals surface area contributed by atoms with Crippen LogP contribution in [0.3, 0.4) is 0 Å². The predicted octanol–water partition coefficient (Wildman–Crippen LogP) is 4.86. The van der Waals surface area contributed by atoms with Gasteiger partial charge in [0.25, 0.3) is 0 Å². The number of halogens is 1. The molecule has 2 aliphatic rings. The van der Waals surface area contributed by atoms with Gasteiger partial charge in [0.05, 0.1) is 16.6 Å². The van der Waals surface area contributed by atoms with E-state index in [2.05, 4.69) is 5.32 Å². The molecule has 214 valence electrons. The highest BCUT2D eigenvalue weighted by Crippen LogP contribution is 2.54. The minimum absolute atomic E-state index is 0.237. The molecule has 3 aromatic carbocycles. The Morgan fingerprint density at radius 3 is 2.31 bits per heavy atom. The van der Waals surface area contributed by atoms with Crippen LogP contribution in [0.25, 0.3) is 0 Å². The van der Waals surface area contributed by atoms with Crippen molar-refractivity contribution < 1.29 is 18.8 Å². The van der Waals surface area contributed by atoms with Gasteiger partial charge in [0.1, 0.15) is 17.6 Å². The fourth-order valence-electron chi connectivity index (χ4n) is 5.49. The monoisotopic (exact) mass is 602 g/mol. The average Bonchev–Trinajstić information content (AvgIpc) is 3.41. The number of hydrogen-bond donors (Lipinski definition) is 1. The smallest absolute Gasteiger partial charge is 0.308 e. The molecule has 4 aromatic rings. The first-order chi connectivity index (χ1) is 20.1. The van der Waals surface area contributed by atoms with Crippen LogP contribution in [0.1, 0.15) is 21.9 Å². The van der Waals surface area contributed by atoms with Crippen molar-refractivity contribution in [1.29, 1.82) is 0 Å². The number of aromatic nitrogens is 1. The second kappa shape index (κ2) is 10.9. The summed E-state index contributed by atoms with van der Waals surface area (Å²) in [4.78, 5) is 57.6. The van der Waals surface area contributed by atoms with Crippen molar-refractivity contribution in [3.8, 4) is 0 Å². The summed E-state index contributed by atoms with van der Waals surface area (Å²) in [5.41, 5.74) is 3.58. The number of fused-ring (bicyclic) bond motifs is 2. The molecule has 1 N–H and O–H groups in total. The van der Waals surface area contributed by atoms with Gasteiger partial charge in [-0.1, -0.05) is 53.4 Å². The Kier molecular flexibility index (Phi) is 7.24. The molecule has 42 heavy (non-hydrogen) atoms. The second-order valence-electron chi connectivity index (χ2n) is 10.5. The van der Waals surface area contributed by atoms with Crippen molar-refractivity contribution in [2.75, 3.05) is 29.2 Å². The van der Waals surface area contributed by atoms with Crippen molar-refractivity contribution in [2.45, 2.75) is 29.7 Å². The van der Waals surface area contributed by atoms with E-state index >= 15 is 0 Å². The molecule has 0 radical (unpaired) electrons. The normalized spacial score (nSPS) is 19.4. The van der Waals surface area contributed by atoms with Crippen molar-refractivity contribution >= 4 is 57.9 Å². The Morgan fingerprint density at radius 2 is 1.64 bits per heavy atom. The van der Waals surface area contributed by atoms with Gasteiger partial charge in [0.2, 0.25) is 17.7 Å². The molecule has 2 aliphatic heterocycles. The molecule has 0 bridgehead atoms. The fraction of sp³-hybridized carbons (Fsp3) is 0.226. The number of thiazole rings is 1. The number of imide groups is 1. The molecule has 3 atom stereocenters. The van der Waals surface area contributed by atoms with E-state index in [0.29, 0.717) is 21.3 Å². The molecule has 3 amide bonds. The lowest BCUT2D eigenvalue weighted by molar-refractivity contribution is -0.122. The van der Waals surface area contributed by atoms with Gasteiger partial charge in [-0.15, -0.1) is 0 Å². The summed E-state index contributed by atoms with van der Waals surface area (Å²) in [5.74, 6) is -3.04. The molecule has 0 spiro atoms. The Balaban J connectivity index is 1.42. The van der Waals surface area contributed by atoms with Gasteiger partial charge >= 0.3 is 4.87 Å². The van der Waals surface area contributed by atoms with Crippen molar-refractivity contribution in [2.24, 2.45) is 5.92 Å². The number of carbonyl (C=O) groups is 3. The van der Waals surface area contributed by atoms with Gasteiger partial charge in [0, 0.05) is 36.3 Å². The topological polar surface area (TPSA) is 91.7 Å². The molecule has 11 heteroatoms. The van der Waals surface area contributed by atoms with Crippen molar-refractivity contribution in [3.05, 3.63) is 104 Å². The van der Waals surface area contributed by atoms with Crippen LogP contribution in [0.15, 0.2) is 82.6 Å². The number of nitrogens with one attached hydrogen (secondary N) is 1. The highest BCUT2D eigenvalue weighted by molar-refractivity contribution is 8.00. The molecule has 6 rings (SSSR count). The molecule has 0 aliphatic carbocycles. The molecular weight excluding hydrogens is 575 g/mol. The quantitative estimate of drug-likeness (QED) is 0.317. The van der Waals surface area contributed by atoms with Gasteiger partial charge in [-0.2, -0.15) is 0 Å². The maximum atomic E-state index is 14.0. The second-order valence-corrected chi connectivity index (χ2v) is 12.6. The van der Waals surface area contributed by atoms with Crippen LogP contribution in [0, 0.1) is 18.7 Å². The Bertz CT molecular complexity index is 1760. The van der Waals surface area contributed by atoms with E-state index < -0.39 is 34.7 Å². The van der Waals surface area contributed by atoms with E-state index in [-0.39, 0.29) is 17.3 Å². The first-order valence-corrected chi connectivity index (χ1v) is 15.0. The standard InChI is InChI=1S/C31H27FN4O4S2/c1-17-6-4-5-7-22(17)33-23(37)16-35-30-27(42-31(35)40)24(18-8-12-20(13-9-18)34(2)3)25-26(41-30)29(39)36(28(25)38)21-14-10-19(32)11-15-21/h4-15,24-26H,16H2,1-3H3,(H,33,37)/t24-,25?,26?/m1/s1. The Hall–Kier alpha value is -4.22. The highest BCUT2D eigenvalue weighted by atomic mass is 32.2. The van der Waals surface area contributed by atoms with E-state index in [0.717, 1.165) is 44.8 Å². The number of benzene rings is 3. The number of hydrogen-bond acceptors (Lipinski definition) is 7. The summed E-state index contributed by atoms with van der Waals surface area (Å²) in [5, 5.41) is 2.55. The molecule has 1 aromatic heterocycles. The van der Waals surface area contributed by atoms with Gasteiger partial charge in [0.15, 0.2) is 0 Å². The third-order valence-electron chi connectivity index (χ3n) is 7.62. The maximum absolute atomic E-state index is 14.0. The van der Waals surface area contributed by atoms with Crippen LogP contribution in [-0.2, 0) is 20.9 Å². The minimum Gasteiger partial charge on any atom is -0.378 e. The maximum Gasteiger partial charge on any atom is 0.308 e. The zero-order valence-corrected chi connectivity index (χ0v) is 24.7. The summed E-state index contributed by atoms with van der Waals surface area (Å²) >= 11 is 2.14. The zero-order valence-electron chi connectivity index (χ0n) is 23.0. The average molecular weight is 603 g/mol. The number of para-hydroxylation sites is 1. The van der Waals surface area contributed by atoms with Crippen molar-refractivity contribution in [3.63, 3.8) is 0 Å². The number of carbonyl (C=O) groups excluding carboxylic acids is 3. The molecule has 8 nitrogen and oxygen atoms in total. The zero-order chi connectivity index (χ0) is 29.7. The minimum atomic E-state index is -0.826. The van der Waals surface area contributed by atoms with Crippen LogP contribution in [0.2, 0.25) is 0 Å². The summed E-state index contributed by atoms with van der Waals surface area (Å²) < 4.78 is 15.1. The predicted molar refractivity (Wildman–Crippen MR) is 163 cm³/mol. The highest BCUT2D eigenvalue weighted by Gasteiger charge is 2.56. The van der Waals surface area contributed by atoms with Crippen LogP contribution in [0.4, 0.5) is 21.5 Å². The van der Waals surface area contributed by atoms with Crippen LogP contribution in [0.5, 0.6) is 0 Å². The first kappa shape index (κ1) is 27.9. The number of thioether (sulfide) groups is 1. The molecule has 3 heterocycles.